The number of hydrogen-bond donors (Lipinski definition) is 2. The third-order valence-corrected chi connectivity index (χ3v) is 4.47. The van der Waals surface area contributed by atoms with E-state index in [1.54, 1.807) is 23.3 Å². The Balaban J connectivity index is 0.00000729. The largest absolute Gasteiger partial charge is 0.444 e. The van der Waals surface area contributed by atoms with Crippen molar-refractivity contribution in [3.05, 3.63) is 16.1 Å². The number of halogens is 1. The van der Waals surface area contributed by atoms with E-state index in [4.69, 9.17) is 4.74 Å². The number of hydrogen-bond acceptors (Lipinski definition) is 5. The van der Waals surface area contributed by atoms with Gasteiger partial charge in [-0.1, -0.05) is 6.92 Å². The third kappa shape index (κ3) is 11.7. The van der Waals surface area contributed by atoms with Crippen molar-refractivity contribution in [1.29, 1.82) is 0 Å². The highest BCUT2D eigenvalue weighted by molar-refractivity contribution is 14.0. The zero-order valence-electron chi connectivity index (χ0n) is 18.2. The van der Waals surface area contributed by atoms with E-state index in [0.29, 0.717) is 13.1 Å². The number of aliphatic imine (C=N–C) groups is 1. The first-order valence-electron chi connectivity index (χ1n) is 9.48. The van der Waals surface area contributed by atoms with Crippen molar-refractivity contribution in [2.24, 2.45) is 10.9 Å². The monoisotopic (exact) mass is 525 g/mol. The lowest BCUT2D eigenvalue weighted by atomic mass is 10.2. The van der Waals surface area contributed by atoms with Gasteiger partial charge in [0, 0.05) is 50.7 Å². The molecule has 1 aromatic heterocycles. The van der Waals surface area contributed by atoms with Crippen molar-refractivity contribution in [2.45, 2.75) is 53.6 Å². The molecule has 0 saturated heterocycles. The lowest BCUT2D eigenvalue weighted by Crippen LogP contribution is -2.39. The molecule has 28 heavy (non-hydrogen) atoms. The molecule has 0 aliphatic rings. The SMILES string of the molecule is CCNC(=NCC(C)CN(C)C(=O)OC(C)(C)C)NCCc1ncc(C)s1.I. The molecule has 0 aromatic carbocycles. The number of nitrogens with zero attached hydrogens (tertiary/aromatic N) is 3. The van der Waals surface area contributed by atoms with Crippen molar-refractivity contribution in [3.8, 4) is 0 Å². The Morgan fingerprint density at radius 3 is 2.61 bits per heavy atom. The van der Waals surface area contributed by atoms with Crippen LogP contribution >= 0.6 is 35.3 Å². The molecule has 1 atom stereocenters. The van der Waals surface area contributed by atoms with Gasteiger partial charge in [0.1, 0.15) is 5.60 Å². The molecule has 1 aromatic rings. The van der Waals surface area contributed by atoms with Crippen molar-refractivity contribution < 1.29 is 9.53 Å². The minimum atomic E-state index is -0.481. The van der Waals surface area contributed by atoms with Gasteiger partial charge in [-0.25, -0.2) is 9.78 Å². The summed E-state index contributed by atoms with van der Waals surface area (Å²) in [4.78, 5) is 23.9. The topological polar surface area (TPSA) is 78.9 Å². The lowest BCUT2D eigenvalue weighted by molar-refractivity contribution is 0.0279. The Bertz CT molecular complexity index is 616. The Labute approximate surface area is 190 Å². The number of nitrogens with one attached hydrogen (secondary N) is 2. The third-order valence-electron chi connectivity index (χ3n) is 3.50. The minimum absolute atomic E-state index is 0. The maximum Gasteiger partial charge on any atom is 0.410 e. The molecule has 0 aliphatic carbocycles. The maximum absolute atomic E-state index is 12.1. The number of thiazole rings is 1. The highest BCUT2D eigenvalue weighted by atomic mass is 127. The van der Waals surface area contributed by atoms with E-state index in [1.165, 1.54) is 4.88 Å². The van der Waals surface area contributed by atoms with Gasteiger partial charge in [0.05, 0.1) is 5.01 Å². The summed E-state index contributed by atoms with van der Waals surface area (Å²) in [5.41, 5.74) is -0.481. The van der Waals surface area contributed by atoms with Crippen LogP contribution in [0.5, 0.6) is 0 Å². The fourth-order valence-corrected chi connectivity index (χ4v) is 3.12. The quantitative estimate of drug-likeness (QED) is 0.308. The van der Waals surface area contributed by atoms with Gasteiger partial charge >= 0.3 is 6.09 Å². The molecule has 1 heterocycles. The lowest BCUT2D eigenvalue weighted by Gasteiger charge is -2.26. The molecule has 0 spiro atoms. The van der Waals surface area contributed by atoms with Gasteiger partial charge in [-0.05, 0) is 40.5 Å². The number of ether oxygens (including phenoxy) is 1. The van der Waals surface area contributed by atoms with Gasteiger partial charge in [-0.2, -0.15) is 0 Å². The van der Waals surface area contributed by atoms with Gasteiger partial charge in [-0.3, -0.25) is 4.99 Å². The number of amides is 1. The summed E-state index contributed by atoms with van der Waals surface area (Å²) in [7, 11) is 1.76. The average Bonchev–Trinajstić information content (AvgIpc) is 2.96. The molecule has 0 fully saturated rings. The highest BCUT2D eigenvalue weighted by Crippen LogP contribution is 2.11. The van der Waals surface area contributed by atoms with Crippen molar-refractivity contribution in [2.75, 3.05) is 33.2 Å². The highest BCUT2D eigenvalue weighted by Gasteiger charge is 2.20. The summed E-state index contributed by atoms with van der Waals surface area (Å²) < 4.78 is 5.38. The van der Waals surface area contributed by atoms with E-state index in [-0.39, 0.29) is 36.0 Å². The van der Waals surface area contributed by atoms with Crippen LogP contribution in [-0.2, 0) is 11.2 Å². The first kappa shape index (κ1) is 26.9. The smallest absolute Gasteiger partial charge is 0.410 e. The van der Waals surface area contributed by atoms with Gasteiger partial charge < -0.3 is 20.3 Å². The number of rotatable bonds is 8. The predicted molar refractivity (Wildman–Crippen MR) is 128 cm³/mol. The summed E-state index contributed by atoms with van der Waals surface area (Å²) >= 11 is 1.72. The van der Waals surface area contributed by atoms with E-state index in [1.807, 2.05) is 33.9 Å². The zero-order valence-corrected chi connectivity index (χ0v) is 21.3. The van der Waals surface area contributed by atoms with E-state index >= 15 is 0 Å². The molecule has 7 nitrogen and oxygen atoms in total. The van der Waals surface area contributed by atoms with Gasteiger partial charge in [0.25, 0.3) is 0 Å². The van der Waals surface area contributed by atoms with E-state index in [9.17, 15) is 4.79 Å². The van der Waals surface area contributed by atoms with Crippen LogP contribution < -0.4 is 10.6 Å². The molecule has 0 saturated carbocycles. The molecule has 162 valence electrons. The molecular weight excluding hydrogens is 489 g/mol. The van der Waals surface area contributed by atoms with Crippen LogP contribution in [-0.4, -0.2) is 60.8 Å². The molecule has 0 radical (unpaired) electrons. The van der Waals surface area contributed by atoms with Crippen molar-refractivity contribution >= 4 is 47.4 Å². The first-order valence-corrected chi connectivity index (χ1v) is 10.3. The molecule has 1 unspecified atom stereocenters. The van der Waals surface area contributed by atoms with Crippen LogP contribution in [0, 0.1) is 12.8 Å². The molecule has 9 heteroatoms. The normalized spacial score (nSPS) is 12.8. The average molecular weight is 526 g/mol. The molecule has 1 rings (SSSR count). The van der Waals surface area contributed by atoms with Crippen LogP contribution in [0.4, 0.5) is 4.79 Å². The van der Waals surface area contributed by atoms with Gasteiger partial charge in [0.15, 0.2) is 5.96 Å². The maximum atomic E-state index is 12.1. The minimum Gasteiger partial charge on any atom is -0.444 e. The summed E-state index contributed by atoms with van der Waals surface area (Å²) in [6.45, 7) is 14.6. The van der Waals surface area contributed by atoms with E-state index in [0.717, 1.165) is 30.5 Å². The second kappa shape index (κ2) is 13.2. The van der Waals surface area contributed by atoms with Crippen molar-refractivity contribution in [1.82, 2.24) is 20.5 Å². The standard InChI is InChI=1S/C19H35N5O2S.HI/c1-8-20-17(21-10-9-16-22-12-15(3)27-16)23-11-14(2)13-24(7)18(25)26-19(4,5)6;/h12,14H,8-11,13H2,1-7H3,(H2,20,21,23);1H. The first-order chi connectivity index (χ1) is 12.6. The molecule has 1 amide bonds. The molecule has 0 bridgehead atoms. The second-order valence-corrected chi connectivity index (χ2v) is 9.05. The van der Waals surface area contributed by atoms with E-state index < -0.39 is 5.60 Å². The molecular formula is C19H36IN5O2S. The van der Waals surface area contributed by atoms with E-state index in [2.05, 4.69) is 34.5 Å². The van der Waals surface area contributed by atoms with Gasteiger partial charge in [0.2, 0.25) is 0 Å². The number of aromatic nitrogens is 1. The zero-order chi connectivity index (χ0) is 20.4. The fraction of sp³-hybridized carbons (Fsp3) is 0.737. The molecule has 2 N–H and O–H groups in total. The van der Waals surface area contributed by atoms with Crippen LogP contribution in [0.1, 0.15) is 44.5 Å². The predicted octanol–water partition coefficient (Wildman–Crippen LogP) is 3.67. The summed E-state index contributed by atoms with van der Waals surface area (Å²) in [5.74, 6) is 1.01. The Hall–Kier alpha value is -1.10. The number of aryl methyl sites for hydroxylation is 1. The summed E-state index contributed by atoms with van der Waals surface area (Å²) in [5, 5.41) is 7.72. The van der Waals surface area contributed by atoms with Crippen LogP contribution in [0.25, 0.3) is 0 Å². The van der Waals surface area contributed by atoms with Crippen LogP contribution in [0.15, 0.2) is 11.2 Å². The Morgan fingerprint density at radius 2 is 2.07 bits per heavy atom. The fourth-order valence-electron chi connectivity index (χ4n) is 2.33. The number of carbonyl (C=O) groups excluding carboxylic acids is 1. The summed E-state index contributed by atoms with van der Waals surface area (Å²) in [6.07, 6.45) is 2.48. The number of carbonyl (C=O) groups is 1. The van der Waals surface area contributed by atoms with Gasteiger partial charge in [-0.15, -0.1) is 35.3 Å². The van der Waals surface area contributed by atoms with Crippen LogP contribution in [0.2, 0.25) is 0 Å². The number of guanidine groups is 1. The second-order valence-electron chi connectivity index (χ2n) is 7.73. The Morgan fingerprint density at radius 1 is 1.39 bits per heavy atom. The summed E-state index contributed by atoms with van der Waals surface area (Å²) in [6, 6.07) is 0. The van der Waals surface area contributed by atoms with Crippen molar-refractivity contribution in [3.63, 3.8) is 0 Å². The molecule has 0 aliphatic heterocycles. The van der Waals surface area contributed by atoms with Crippen LogP contribution in [0.3, 0.4) is 0 Å². The Kier molecular flexibility index (Phi) is 12.7.